The normalized spacial score (nSPS) is 18.0. The Morgan fingerprint density at radius 3 is 2.80 bits per heavy atom. The van der Waals surface area contributed by atoms with Crippen molar-refractivity contribution < 1.29 is 18.7 Å². The number of alkyl carbamates (subject to hydrolysis) is 1. The van der Waals surface area contributed by atoms with Crippen molar-refractivity contribution in [1.29, 1.82) is 0 Å². The summed E-state index contributed by atoms with van der Waals surface area (Å²) in [6, 6.07) is 7.48. The molecule has 2 N–H and O–H groups in total. The van der Waals surface area contributed by atoms with Gasteiger partial charge in [-0.1, -0.05) is 12.2 Å². The van der Waals surface area contributed by atoms with E-state index in [4.69, 9.17) is 4.74 Å². The molecule has 1 aliphatic heterocycles. The molecule has 1 aliphatic rings. The molecule has 7 heteroatoms. The highest BCUT2D eigenvalue weighted by Crippen LogP contribution is 2.31. The van der Waals surface area contributed by atoms with Crippen LogP contribution in [0.2, 0.25) is 0 Å². The van der Waals surface area contributed by atoms with Crippen molar-refractivity contribution >= 4 is 17.7 Å². The van der Waals surface area contributed by atoms with E-state index in [1.165, 1.54) is 12.1 Å². The van der Waals surface area contributed by atoms with E-state index >= 15 is 0 Å². The van der Waals surface area contributed by atoms with Gasteiger partial charge in [0.1, 0.15) is 11.4 Å². The molecule has 2 heterocycles. The predicted octanol–water partition coefficient (Wildman–Crippen LogP) is 5.13. The van der Waals surface area contributed by atoms with E-state index in [-0.39, 0.29) is 12.3 Å². The van der Waals surface area contributed by atoms with Gasteiger partial charge in [-0.15, -0.1) is 0 Å². The lowest BCUT2D eigenvalue weighted by molar-refractivity contribution is -0.116. The highest BCUT2D eigenvalue weighted by Gasteiger charge is 2.21. The van der Waals surface area contributed by atoms with E-state index in [2.05, 4.69) is 15.6 Å². The first-order chi connectivity index (χ1) is 14.2. The fraction of sp³-hybridized carbons (Fsp3) is 0.348. The molecule has 2 amide bonds. The number of halogens is 1. The zero-order valence-electron chi connectivity index (χ0n) is 17.4. The number of pyridine rings is 1. The number of carbonyl (C=O) groups is 2. The van der Waals surface area contributed by atoms with Crippen molar-refractivity contribution in [3.63, 3.8) is 0 Å². The molecule has 2 aromatic rings. The Kier molecular flexibility index (Phi) is 6.50. The second-order valence-electron chi connectivity index (χ2n) is 8.15. The Labute approximate surface area is 175 Å². The van der Waals surface area contributed by atoms with Crippen LogP contribution in [0.3, 0.4) is 0 Å². The summed E-state index contributed by atoms with van der Waals surface area (Å²) in [5, 5.41) is 5.67. The molecule has 0 spiro atoms. The van der Waals surface area contributed by atoms with Crippen LogP contribution >= 0.6 is 0 Å². The third-order valence-corrected chi connectivity index (χ3v) is 4.47. The van der Waals surface area contributed by atoms with Crippen molar-refractivity contribution in [1.82, 2.24) is 10.3 Å². The Bertz CT molecular complexity index is 966. The maximum Gasteiger partial charge on any atom is 0.408 e. The van der Waals surface area contributed by atoms with Gasteiger partial charge in [0, 0.05) is 18.2 Å². The number of amides is 2. The molecule has 1 aromatic heterocycles. The van der Waals surface area contributed by atoms with Gasteiger partial charge in [0.05, 0.1) is 17.4 Å². The Morgan fingerprint density at radius 2 is 2.03 bits per heavy atom. The number of nitrogens with zero attached hydrogens (tertiary/aromatic N) is 1. The summed E-state index contributed by atoms with van der Waals surface area (Å²) >= 11 is 0. The number of allylic oxidation sites excluding steroid dienone is 1. The Balaban J connectivity index is 1.99. The van der Waals surface area contributed by atoms with Gasteiger partial charge in [-0.05, 0) is 69.5 Å². The van der Waals surface area contributed by atoms with Crippen LogP contribution in [0.1, 0.15) is 51.8 Å². The number of carbonyl (C=O) groups excluding carboxylic acids is 2. The minimum atomic E-state index is -0.618. The van der Waals surface area contributed by atoms with Gasteiger partial charge in [-0.3, -0.25) is 9.78 Å². The quantitative estimate of drug-likeness (QED) is 0.638. The molecule has 0 aliphatic carbocycles. The molecule has 1 atom stereocenters. The average molecular weight is 411 g/mol. The minimum Gasteiger partial charge on any atom is -0.444 e. The van der Waals surface area contributed by atoms with Crippen molar-refractivity contribution in [3.05, 3.63) is 60.2 Å². The summed E-state index contributed by atoms with van der Waals surface area (Å²) in [6.45, 7) is 5.40. The molecular formula is C23H26FN3O3. The van der Waals surface area contributed by atoms with E-state index in [0.717, 1.165) is 5.56 Å². The summed E-state index contributed by atoms with van der Waals surface area (Å²) in [4.78, 5) is 29.1. The molecule has 6 nitrogen and oxygen atoms in total. The number of anilines is 1. The molecule has 0 fully saturated rings. The maximum atomic E-state index is 13.8. The van der Waals surface area contributed by atoms with Gasteiger partial charge in [0.2, 0.25) is 5.91 Å². The third kappa shape index (κ3) is 5.89. The molecule has 3 rings (SSSR count). The smallest absolute Gasteiger partial charge is 0.408 e. The average Bonchev–Trinajstić information content (AvgIpc) is 2.65. The number of aromatic nitrogens is 1. The molecule has 0 saturated carbocycles. The summed E-state index contributed by atoms with van der Waals surface area (Å²) < 4.78 is 19.2. The molecular weight excluding hydrogens is 385 g/mol. The molecule has 0 radical (unpaired) electrons. The second-order valence-corrected chi connectivity index (χ2v) is 8.15. The standard InChI is InChI=1S/C23H26FN3O3/c1-23(2,3)30-22(29)27-18-7-5-4-6-8-21(28)26-19-14-16(24)9-10-17(19)15-11-12-25-20(18)13-15/h4-5,9-14,18H,6-8H2,1-3H3,(H,26,28)(H,27,29)/b5-4+/t18-/m0/s1. The molecule has 30 heavy (non-hydrogen) atoms. The Hall–Kier alpha value is -3.22. The van der Waals surface area contributed by atoms with Crippen LogP contribution in [0.25, 0.3) is 11.1 Å². The first-order valence-electron chi connectivity index (χ1n) is 9.91. The zero-order valence-corrected chi connectivity index (χ0v) is 17.4. The number of ether oxygens (including phenoxy) is 1. The fourth-order valence-electron chi connectivity index (χ4n) is 3.16. The van der Waals surface area contributed by atoms with Crippen LogP contribution in [0.4, 0.5) is 14.9 Å². The van der Waals surface area contributed by atoms with Gasteiger partial charge in [0.25, 0.3) is 0 Å². The van der Waals surface area contributed by atoms with Gasteiger partial charge < -0.3 is 15.4 Å². The summed E-state index contributed by atoms with van der Waals surface area (Å²) in [7, 11) is 0. The number of hydrogen-bond acceptors (Lipinski definition) is 4. The van der Waals surface area contributed by atoms with Crippen LogP contribution < -0.4 is 10.6 Å². The van der Waals surface area contributed by atoms with Gasteiger partial charge in [0.15, 0.2) is 0 Å². The van der Waals surface area contributed by atoms with Crippen molar-refractivity contribution in [2.45, 2.75) is 51.7 Å². The molecule has 158 valence electrons. The largest absolute Gasteiger partial charge is 0.444 e. The van der Waals surface area contributed by atoms with Crippen LogP contribution in [0.15, 0.2) is 48.7 Å². The predicted molar refractivity (Wildman–Crippen MR) is 113 cm³/mol. The lowest BCUT2D eigenvalue weighted by Crippen LogP contribution is -2.35. The van der Waals surface area contributed by atoms with Gasteiger partial charge >= 0.3 is 6.09 Å². The molecule has 1 aromatic carbocycles. The van der Waals surface area contributed by atoms with Crippen molar-refractivity contribution in [3.8, 4) is 11.1 Å². The highest BCUT2D eigenvalue weighted by atomic mass is 19.1. The molecule has 0 saturated heterocycles. The van der Waals surface area contributed by atoms with E-state index in [0.29, 0.717) is 29.8 Å². The lowest BCUT2D eigenvalue weighted by atomic mass is 10.0. The van der Waals surface area contributed by atoms with E-state index in [1.54, 1.807) is 39.1 Å². The molecule has 0 unspecified atom stereocenters. The number of nitrogens with one attached hydrogen (secondary N) is 2. The van der Waals surface area contributed by atoms with Crippen LogP contribution in [0, 0.1) is 5.82 Å². The summed E-state index contributed by atoms with van der Waals surface area (Å²) in [6.07, 6.45) is 6.19. The van der Waals surface area contributed by atoms with E-state index < -0.39 is 23.6 Å². The number of benzene rings is 1. The van der Waals surface area contributed by atoms with Crippen molar-refractivity contribution in [2.75, 3.05) is 5.32 Å². The monoisotopic (exact) mass is 411 g/mol. The van der Waals surface area contributed by atoms with E-state index in [9.17, 15) is 14.0 Å². The fourth-order valence-corrected chi connectivity index (χ4v) is 3.16. The first-order valence-corrected chi connectivity index (χ1v) is 9.91. The van der Waals surface area contributed by atoms with Crippen LogP contribution in [-0.2, 0) is 9.53 Å². The van der Waals surface area contributed by atoms with Crippen LogP contribution in [-0.4, -0.2) is 22.6 Å². The molecule has 2 bridgehead atoms. The number of hydrogen-bond donors (Lipinski definition) is 2. The van der Waals surface area contributed by atoms with Crippen LogP contribution in [0.5, 0.6) is 0 Å². The SMILES string of the molecule is CC(C)(C)OC(=O)N[C@H]1C/C=C/CCC(=O)Nc2cc(F)ccc2-c2ccnc1c2. The minimum absolute atomic E-state index is 0.191. The summed E-state index contributed by atoms with van der Waals surface area (Å²) in [5.41, 5.74) is 1.86. The summed E-state index contributed by atoms with van der Waals surface area (Å²) in [5.74, 6) is -0.625. The van der Waals surface area contributed by atoms with E-state index in [1.807, 2.05) is 18.2 Å². The second kappa shape index (κ2) is 9.07. The van der Waals surface area contributed by atoms with Gasteiger partial charge in [-0.2, -0.15) is 0 Å². The van der Waals surface area contributed by atoms with Gasteiger partial charge in [-0.25, -0.2) is 9.18 Å². The number of rotatable bonds is 1. The third-order valence-electron chi connectivity index (χ3n) is 4.47. The lowest BCUT2D eigenvalue weighted by Gasteiger charge is -2.23. The first kappa shape index (κ1) is 21.5. The van der Waals surface area contributed by atoms with Crippen molar-refractivity contribution in [2.24, 2.45) is 0 Å². The maximum absolute atomic E-state index is 13.8. The Morgan fingerprint density at radius 1 is 1.23 bits per heavy atom. The number of fused-ring (bicyclic) bond motifs is 4. The zero-order chi connectivity index (χ0) is 21.7. The highest BCUT2D eigenvalue weighted by molar-refractivity contribution is 5.95. The topological polar surface area (TPSA) is 80.3 Å².